The van der Waals surface area contributed by atoms with Gasteiger partial charge in [-0.1, -0.05) is 76.1 Å². The number of hydrogen-bond donors (Lipinski definition) is 0. The summed E-state index contributed by atoms with van der Waals surface area (Å²) in [5.74, 6) is 0. The molecule has 1 unspecified atom stereocenters. The normalized spacial score (nSPS) is 11.5. The van der Waals surface area contributed by atoms with Gasteiger partial charge in [-0.15, -0.1) is 8.19 Å². The largest absolute Gasteiger partial charge is 0.123 e. The first-order valence-electron chi connectivity index (χ1n) is 8.50. The fourth-order valence-electron chi connectivity index (χ4n) is 3.84. The summed E-state index contributed by atoms with van der Waals surface area (Å²) in [4.78, 5) is 0. The maximum absolute atomic E-state index is 3.77. The third kappa shape index (κ3) is 2.86. The molecule has 0 spiro atoms. The molecular formula is C23H20BrP. The third-order valence-corrected chi connectivity index (χ3v) is 6.94. The highest BCUT2D eigenvalue weighted by Crippen LogP contribution is 2.50. The molecule has 25 heavy (non-hydrogen) atoms. The Bertz CT molecular complexity index is 1070. The zero-order valence-electron chi connectivity index (χ0n) is 14.7. The van der Waals surface area contributed by atoms with E-state index in [2.05, 4.69) is 97.4 Å². The molecule has 0 amide bonds. The van der Waals surface area contributed by atoms with E-state index in [1.54, 1.807) is 0 Å². The van der Waals surface area contributed by atoms with E-state index in [9.17, 15) is 0 Å². The molecule has 0 nitrogen and oxygen atoms in total. The minimum Gasteiger partial charge on any atom is -0.123 e. The second-order valence-electron chi connectivity index (χ2n) is 6.67. The number of aryl methyl sites for hydroxylation is 3. The molecule has 1 aromatic heterocycles. The van der Waals surface area contributed by atoms with Crippen molar-refractivity contribution >= 4 is 34.6 Å². The summed E-state index contributed by atoms with van der Waals surface area (Å²) in [6.45, 7) is 6.66. The molecule has 0 fully saturated rings. The zero-order chi connectivity index (χ0) is 17.6. The van der Waals surface area contributed by atoms with Crippen molar-refractivity contribution in [3.63, 3.8) is 0 Å². The predicted octanol–water partition coefficient (Wildman–Crippen LogP) is 7.89. The van der Waals surface area contributed by atoms with Crippen LogP contribution in [0.25, 0.3) is 32.5 Å². The van der Waals surface area contributed by atoms with Gasteiger partial charge < -0.3 is 0 Å². The van der Waals surface area contributed by atoms with Crippen molar-refractivity contribution in [3.8, 4) is 22.0 Å². The number of fused-ring (bicyclic) bond motifs is 1. The summed E-state index contributed by atoms with van der Waals surface area (Å²) in [6.07, 6.45) is 0. The van der Waals surface area contributed by atoms with E-state index in [-0.39, 0.29) is 0 Å². The quantitative estimate of drug-likeness (QED) is 0.317. The summed E-state index contributed by atoms with van der Waals surface area (Å²) in [5, 5.41) is 4.29. The van der Waals surface area contributed by atoms with E-state index in [1.807, 2.05) is 0 Å². The van der Waals surface area contributed by atoms with Gasteiger partial charge in [0.05, 0.1) is 0 Å². The molecule has 0 saturated carbocycles. The molecular weight excluding hydrogens is 387 g/mol. The molecule has 0 saturated heterocycles. The van der Waals surface area contributed by atoms with Crippen molar-refractivity contribution in [1.82, 2.24) is 0 Å². The second-order valence-corrected chi connectivity index (χ2v) is 8.82. The van der Waals surface area contributed by atoms with E-state index < -0.39 is 0 Å². The summed E-state index contributed by atoms with van der Waals surface area (Å²) >= 11 is 3.77. The lowest BCUT2D eigenvalue weighted by Gasteiger charge is -2.14. The lowest BCUT2D eigenvalue weighted by molar-refractivity contribution is 1.33. The number of hydrogen-bond acceptors (Lipinski definition) is 0. The Morgan fingerprint density at radius 2 is 1.40 bits per heavy atom. The Morgan fingerprint density at radius 3 is 2.12 bits per heavy atom. The molecule has 4 aromatic rings. The lowest BCUT2D eigenvalue weighted by atomic mass is 9.90. The Hall–Kier alpha value is -1.82. The first-order valence-corrected chi connectivity index (χ1v) is 10.3. The number of benzene rings is 3. The summed E-state index contributed by atoms with van der Waals surface area (Å²) in [5.41, 5.74) is 8.17. The van der Waals surface area contributed by atoms with Crippen LogP contribution in [-0.4, -0.2) is 0 Å². The van der Waals surface area contributed by atoms with Crippen LogP contribution in [-0.2, 0) is 0 Å². The van der Waals surface area contributed by atoms with E-state index in [1.165, 1.54) is 53.7 Å². The lowest BCUT2D eigenvalue weighted by Crippen LogP contribution is -1.91. The fraction of sp³-hybridized carbons (Fsp3) is 0.130. The fourth-order valence-corrected chi connectivity index (χ4v) is 6.04. The van der Waals surface area contributed by atoms with Crippen LogP contribution in [0.1, 0.15) is 16.7 Å². The minimum atomic E-state index is 0.690. The van der Waals surface area contributed by atoms with Crippen molar-refractivity contribution in [2.75, 3.05) is 0 Å². The van der Waals surface area contributed by atoms with Crippen LogP contribution in [0.3, 0.4) is 0 Å². The van der Waals surface area contributed by atoms with Crippen LogP contribution in [0.15, 0.2) is 65.1 Å². The highest BCUT2D eigenvalue weighted by Gasteiger charge is 2.19. The first-order chi connectivity index (χ1) is 12.1. The highest BCUT2D eigenvalue weighted by molar-refractivity contribution is 9.10. The SMILES string of the molecule is Cc1cc(C)c(-c2c(-c3ccccc3Br)[pH]c3ccccc23)c(C)c1. The first kappa shape index (κ1) is 16.6. The van der Waals surface area contributed by atoms with Crippen molar-refractivity contribution in [2.24, 2.45) is 0 Å². The predicted molar refractivity (Wildman–Crippen MR) is 116 cm³/mol. The van der Waals surface area contributed by atoms with Gasteiger partial charge in [0.2, 0.25) is 0 Å². The van der Waals surface area contributed by atoms with Gasteiger partial charge in [-0.3, -0.25) is 0 Å². The Kier molecular flexibility index (Phi) is 4.31. The van der Waals surface area contributed by atoms with Gasteiger partial charge in [0.15, 0.2) is 0 Å². The minimum absolute atomic E-state index is 0.690. The van der Waals surface area contributed by atoms with E-state index in [0.717, 1.165) is 0 Å². The van der Waals surface area contributed by atoms with Crippen molar-refractivity contribution < 1.29 is 0 Å². The molecule has 0 radical (unpaired) electrons. The molecule has 1 atom stereocenters. The van der Waals surface area contributed by atoms with Gasteiger partial charge in [-0.2, -0.15) is 0 Å². The summed E-state index contributed by atoms with van der Waals surface area (Å²) in [7, 11) is 0.690. The molecule has 0 aliphatic carbocycles. The van der Waals surface area contributed by atoms with Crippen molar-refractivity contribution in [1.29, 1.82) is 0 Å². The Morgan fingerprint density at radius 1 is 0.760 bits per heavy atom. The van der Waals surface area contributed by atoms with Gasteiger partial charge in [-0.05, 0) is 54.0 Å². The number of halogens is 1. The molecule has 3 aromatic carbocycles. The average molecular weight is 407 g/mol. The van der Waals surface area contributed by atoms with Gasteiger partial charge >= 0.3 is 0 Å². The standard InChI is InChI=1S/C23H20BrP/c1-14-12-15(2)21(16(3)13-14)22-18-9-5-7-11-20(18)25-23(22)17-8-4-6-10-19(17)24/h4-13,25H,1-3H3. The molecule has 1 heterocycles. The van der Waals surface area contributed by atoms with Crippen LogP contribution in [0.4, 0.5) is 0 Å². The van der Waals surface area contributed by atoms with Crippen molar-refractivity contribution in [2.45, 2.75) is 20.8 Å². The summed E-state index contributed by atoms with van der Waals surface area (Å²) < 4.78 is 1.17. The average Bonchev–Trinajstić information content (AvgIpc) is 2.94. The maximum atomic E-state index is 3.77. The van der Waals surface area contributed by atoms with Gasteiger partial charge in [0, 0.05) is 20.9 Å². The van der Waals surface area contributed by atoms with E-state index >= 15 is 0 Å². The Balaban J connectivity index is 2.14. The Labute approximate surface area is 159 Å². The second kappa shape index (κ2) is 6.48. The molecule has 2 heteroatoms. The molecule has 124 valence electrons. The molecule has 0 aliphatic rings. The molecule has 4 rings (SSSR count). The van der Waals surface area contributed by atoms with Crippen LogP contribution < -0.4 is 0 Å². The molecule has 0 bridgehead atoms. The molecule has 0 N–H and O–H groups in total. The smallest absolute Gasteiger partial charge is 0.0257 e. The topological polar surface area (TPSA) is 0 Å². The summed E-state index contributed by atoms with van der Waals surface area (Å²) in [6, 6.07) is 22.1. The van der Waals surface area contributed by atoms with Crippen molar-refractivity contribution in [3.05, 3.63) is 81.8 Å². The van der Waals surface area contributed by atoms with Crippen LogP contribution in [0.2, 0.25) is 0 Å². The van der Waals surface area contributed by atoms with Gasteiger partial charge in [0.1, 0.15) is 0 Å². The van der Waals surface area contributed by atoms with Crippen LogP contribution >= 0.6 is 24.1 Å². The molecule has 0 aliphatic heterocycles. The van der Waals surface area contributed by atoms with Crippen LogP contribution in [0, 0.1) is 20.8 Å². The maximum Gasteiger partial charge on any atom is 0.0257 e. The monoisotopic (exact) mass is 406 g/mol. The van der Waals surface area contributed by atoms with Crippen LogP contribution in [0.5, 0.6) is 0 Å². The zero-order valence-corrected chi connectivity index (χ0v) is 17.2. The van der Waals surface area contributed by atoms with Gasteiger partial charge in [-0.25, -0.2) is 0 Å². The van der Waals surface area contributed by atoms with E-state index in [0.29, 0.717) is 8.19 Å². The van der Waals surface area contributed by atoms with Gasteiger partial charge in [0.25, 0.3) is 0 Å². The van der Waals surface area contributed by atoms with E-state index in [4.69, 9.17) is 0 Å². The third-order valence-electron chi connectivity index (χ3n) is 4.78. The highest BCUT2D eigenvalue weighted by atomic mass is 79.9. The number of rotatable bonds is 2.